The van der Waals surface area contributed by atoms with E-state index in [-0.39, 0.29) is 11.6 Å². The van der Waals surface area contributed by atoms with Crippen LogP contribution in [0.1, 0.15) is 48.6 Å². The second-order valence-corrected chi connectivity index (χ2v) is 7.31. The lowest BCUT2D eigenvalue weighted by Gasteiger charge is -2.21. The van der Waals surface area contributed by atoms with Crippen LogP contribution in [0.4, 0.5) is 5.13 Å². The molecule has 0 bridgehead atoms. The van der Waals surface area contributed by atoms with Gasteiger partial charge in [0.25, 0.3) is 0 Å². The van der Waals surface area contributed by atoms with E-state index in [1.165, 1.54) is 11.3 Å². The highest BCUT2D eigenvalue weighted by atomic mass is 32.1. The summed E-state index contributed by atoms with van der Waals surface area (Å²) in [6, 6.07) is 7.64. The Morgan fingerprint density at radius 2 is 2.00 bits per heavy atom. The zero-order chi connectivity index (χ0) is 18.4. The van der Waals surface area contributed by atoms with E-state index >= 15 is 0 Å². The second kappa shape index (κ2) is 8.11. The first kappa shape index (κ1) is 18.9. The summed E-state index contributed by atoms with van der Waals surface area (Å²) in [7, 11) is 0. The molecule has 7 heteroatoms. The van der Waals surface area contributed by atoms with Crippen molar-refractivity contribution >= 4 is 28.7 Å². The zero-order valence-electron chi connectivity index (χ0n) is 15.1. The number of carbonyl (C=O) groups excluding carboxylic acids is 1. The lowest BCUT2D eigenvalue weighted by atomic mass is 10.2. The van der Waals surface area contributed by atoms with Gasteiger partial charge in [-0.2, -0.15) is 5.10 Å². The molecule has 0 aliphatic heterocycles. The van der Waals surface area contributed by atoms with Crippen LogP contribution in [-0.2, 0) is 4.74 Å². The number of aromatic nitrogens is 1. The Balaban J connectivity index is 1.97. The second-order valence-electron chi connectivity index (χ2n) is 6.31. The highest BCUT2D eigenvalue weighted by molar-refractivity contribution is 7.17. The number of anilines is 1. The van der Waals surface area contributed by atoms with Gasteiger partial charge in [0.2, 0.25) is 5.13 Å². The minimum atomic E-state index is -0.357. The van der Waals surface area contributed by atoms with E-state index in [0.717, 1.165) is 11.3 Å². The first-order chi connectivity index (χ1) is 11.8. The van der Waals surface area contributed by atoms with Gasteiger partial charge in [0.15, 0.2) is 0 Å². The molecule has 134 valence electrons. The summed E-state index contributed by atoms with van der Waals surface area (Å²) in [5, 5.41) is 4.70. The van der Waals surface area contributed by atoms with Crippen LogP contribution in [0.25, 0.3) is 0 Å². The number of hydrogen-bond acceptors (Lipinski definition) is 7. The van der Waals surface area contributed by atoms with E-state index in [2.05, 4.69) is 15.5 Å². The van der Waals surface area contributed by atoms with Crippen molar-refractivity contribution in [1.29, 1.82) is 0 Å². The van der Waals surface area contributed by atoms with Crippen LogP contribution >= 0.6 is 11.3 Å². The smallest absolute Gasteiger partial charge is 0.350 e. The highest BCUT2D eigenvalue weighted by Gasteiger charge is 2.16. The molecular formula is C18H23N3O3S. The molecule has 0 saturated heterocycles. The topological polar surface area (TPSA) is 72.8 Å². The van der Waals surface area contributed by atoms with Crippen LogP contribution in [0.3, 0.4) is 0 Å². The van der Waals surface area contributed by atoms with Crippen molar-refractivity contribution in [3.05, 3.63) is 40.4 Å². The zero-order valence-corrected chi connectivity index (χ0v) is 15.9. The maximum Gasteiger partial charge on any atom is 0.350 e. The lowest BCUT2D eigenvalue weighted by molar-refractivity contribution is 0.0531. The summed E-state index contributed by atoms with van der Waals surface area (Å²) >= 11 is 1.22. The minimum absolute atomic E-state index is 0.226. The molecule has 0 aliphatic carbocycles. The van der Waals surface area contributed by atoms with Gasteiger partial charge in [-0.15, -0.1) is 0 Å². The molecule has 0 aliphatic rings. The molecule has 1 aromatic carbocycles. The van der Waals surface area contributed by atoms with Crippen molar-refractivity contribution in [2.75, 3.05) is 12.0 Å². The van der Waals surface area contributed by atoms with Crippen molar-refractivity contribution in [3.63, 3.8) is 0 Å². The molecule has 25 heavy (non-hydrogen) atoms. The Morgan fingerprint density at radius 1 is 1.32 bits per heavy atom. The van der Waals surface area contributed by atoms with Gasteiger partial charge in [0.1, 0.15) is 16.2 Å². The Kier molecular flexibility index (Phi) is 6.14. The fourth-order valence-electron chi connectivity index (χ4n) is 1.97. The summed E-state index contributed by atoms with van der Waals surface area (Å²) in [6.07, 6.45) is 1.68. The fraction of sp³-hybridized carbons (Fsp3) is 0.389. The van der Waals surface area contributed by atoms with Gasteiger partial charge in [-0.25, -0.2) is 9.78 Å². The number of benzene rings is 1. The number of hydrazone groups is 1. The Morgan fingerprint density at radius 3 is 2.60 bits per heavy atom. The predicted molar refractivity (Wildman–Crippen MR) is 101 cm³/mol. The molecule has 0 saturated carbocycles. The molecule has 0 atom stereocenters. The van der Waals surface area contributed by atoms with Crippen LogP contribution in [0.15, 0.2) is 29.4 Å². The number of carbonyl (C=O) groups is 1. The average Bonchev–Trinajstić information content (AvgIpc) is 2.89. The van der Waals surface area contributed by atoms with Crippen LogP contribution < -0.4 is 10.2 Å². The fourth-order valence-corrected chi connectivity index (χ4v) is 2.78. The molecule has 1 aromatic heterocycles. The van der Waals surface area contributed by atoms with Crippen LogP contribution in [0.2, 0.25) is 0 Å². The standard InChI is InChI=1S/C18H23N3O3S/c1-6-23-16(22)15-12(2)20-17(25-15)21-19-11-13-7-9-14(10-8-13)24-18(3,4)5/h7-11H,6H2,1-5H3,(H,20,21)/b19-11-. The number of nitrogens with one attached hydrogen (secondary N) is 1. The third kappa shape index (κ3) is 5.86. The Bertz CT molecular complexity index is 746. The van der Waals surface area contributed by atoms with E-state index in [1.807, 2.05) is 45.0 Å². The molecule has 0 amide bonds. The van der Waals surface area contributed by atoms with Crippen LogP contribution in [0.5, 0.6) is 5.75 Å². The SMILES string of the molecule is CCOC(=O)c1sc(N/N=C\c2ccc(OC(C)(C)C)cc2)nc1C. The van der Waals surface area contributed by atoms with E-state index in [4.69, 9.17) is 9.47 Å². The number of hydrogen-bond donors (Lipinski definition) is 1. The van der Waals surface area contributed by atoms with Crippen LogP contribution in [0, 0.1) is 6.92 Å². The van der Waals surface area contributed by atoms with E-state index in [1.54, 1.807) is 20.1 Å². The van der Waals surface area contributed by atoms with Gasteiger partial charge < -0.3 is 9.47 Å². The highest BCUT2D eigenvalue weighted by Crippen LogP contribution is 2.23. The Hall–Kier alpha value is -2.41. The maximum atomic E-state index is 11.8. The van der Waals surface area contributed by atoms with Gasteiger partial charge in [0.05, 0.1) is 18.5 Å². The summed E-state index contributed by atoms with van der Waals surface area (Å²) in [5.74, 6) is 0.455. The van der Waals surface area contributed by atoms with Crippen molar-refractivity contribution in [3.8, 4) is 5.75 Å². The first-order valence-electron chi connectivity index (χ1n) is 8.01. The van der Waals surface area contributed by atoms with Crippen molar-refractivity contribution in [1.82, 2.24) is 4.98 Å². The molecule has 0 radical (unpaired) electrons. The molecule has 2 aromatic rings. The van der Waals surface area contributed by atoms with Gasteiger partial charge in [-0.3, -0.25) is 5.43 Å². The third-order valence-electron chi connectivity index (χ3n) is 2.94. The number of ether oxygens (including phenoxy) is 2. The number of aryl methyl sites for hydroxylation is 1. The van der Waals surface area contributed by atoms with E-state index in [9.17, 15) is 4.79 Å². The maximum absolute atomic E-state index is 11.8. The summed E-state index contributed by atoms with van der Waals surface area (Å²) in [4.78, 5) is 16.5. The largest absolute Gasteiger partial charge is 0.488 e. The van der Waals surface area contributed by atoms with Gasteiger partial charge in [-0.1, -0.05) is 11.3 Å². The number of rotatable bonds is 6. The molecule has 0 spiro atoms. The van der Waals surface area contributed by atoms with Crippen molar-refractivity contribution < 1.29 is 14.3 Å². The summed E-state index contributed by atoms with van der Waals surface area (Å²) < 4.78 is 10.8. The molecule has 0 fully saturated rings. The first-order valence-corrected chi connectivity index (χ1v) is 8.83. The van der Waals surface area contributed by atoms with Gasteiger partial charge in [-0.05, 0) is 64.4 Å². The molecule has 2 rings (SSSR count). The third-order valence-corrected chi connectivity index (χ3v) is 3.98. The minimum Gasteiger partial charge on any atom is -0.488 e. The van der Waals surface area contributed by atoms with Gasteiger partial charge >= 0.3 is 5.97 Å². The van der Waals surface area contributed by atoms with Crippen LogP contribution in [-0.4, -0.2) is 29.4 Å². The number of esters is 1. The van der Waals surface area contributed by atoms with E-state index < -0.39 is 0 Å². The summed E-state index contributed by atoms with van der Waals surface area (Å²) in [6.45, 7) is 9.90. The Labute approximate surface area is 151 Å². The monoisotopic (exact) mass is 361 g/mol. The van der Waals surface area contributed by atoms with E-state index in [0.29, 0.717) is 22.3 Å². The summed E-state index contributed by atoms with van der Waals surface area (Å²) in [5.41, 5.74) is 4.17. The molecule has 0 unspecified atom stereocenters. The number of nitrogens with zero attached hydrogens (tertiary/aromatic N) is 2. The molecular weight excluding hydrogens is 338 g/mol. The predicted octanol–water partition coefficient (Wildman–Crippen LogP) is 4.25. The lowest BCUT2D eigenvalue weighted by Crippen LogP contribution is -2.22. The molecule has 1 heterocycles. The molecule has 6 nitrogen and oxygen atoms in total. The van der Waals surface area contributed by atoms with Gasteiger partial charge in [0, 0.05) is 0 Å². The average molecular weight is 361 g/mol. The molecule has 1 N–H and O–H groups in total. The number of thiazole rings is 1. The van der Waals surface area contributed by atoms with Crippen molar-refractivity contribution in [2.45, 2.75) is 40.2 Å². The quantitative estimate of drug-likeness (QED) is 0.473. The van der Waals surface area contributed by atoms with Crippen molar-refractivity contribution in [2.24, 2.45) is 5.10 Å². The normalized spacial score (nSPS) is 11.6.